The first-order valence-corrected chi connectivity index (χ1v) is 6.51. The molecule has 2 N–H and O–H groups in total. The first-order valence-electron chi connectivity index (χ1n) is 4.84. The van der Waals surface area contributed by atoms with Gasteiger partial charge in [0.1, 0.15) is 0 Å². The fourth-order valence-electron chi connectivity index (χ4n) is 1.55. The van der Waals surface area contributed by atoms with Crippen molar-refractivity contribution in [2.75, 3.05) is 5.73 Å². The van der Waals surface area contributed by atoms with Crippen LogP contribution in [0.4, 0.5) is 5.69 Å². The van der Waals surface area contributed by atoms with Gasteiger partial charge in [0, 0.05) is 15.0 Å². The Hall–Kier alpha value is -0.800. The lowest BCUT2D eigenvalue weighted by Gasteiger charge is -2.05. The molecule has 2 aromatic rings. The van der Waals surface area contributed by atoms with Crippen LogP contribution in [-0.2, 0) is 6.42 Å². The molecule has 0 saturated carbocycles. The van der Waals surface area contributed by atoms with Crippen LogP contribution < -0.4 is 5.73 Å². The van der Waals surface area contributed by atoms with Crippen molar-refractivity contribution in [1.29, 1.82) is 0 Å². The predicted octanol–water partition coefficient (Wildman–Crippen LogP) is 4.32. The van der Waals surface area contributed by atoms with E-state index in [1.54, 1.807) is 11.3 Å². The molecule has 78 valence electrons. The standard InChI is InChI=1S/C12H12BrNS/c1-2-8-7-9(3-4-11(8)14)12-10(13)5-6-15-12/h3-7H,2,14H2,1H3. The number of hydrogen-bond donors (Lipinski definition) is 1. The Morgan fingerprint density at radius 1 is 1.33 bits per heavy atom. The third-order valence-electron chi connectivity index (χ3n) is 2.40. The normalized spacial score (nSPS) is 10.5. The van der Waals surface area contributed by atoms with Crippen LogP contribution in [0.2, 0.25) is 0 Å². The topological polar surface area (TPSA) is 26.0 Å². The second kappa shape index (κ2) is 4.37. The lowest BCUT2D eigenvalue weighted by Crippen LogP contribution is -1.92. The van der Waals surface area contributed by atoms with Crippen molar-refractivity contribution >= 4 is 33.0 Å². The molecule has 0 atom stereocenters. The monoisotopic (exact) mass is 281 g/mol. The van der Waals surface area contributed by atoms with Crippen LogP contribution in [0.3, 0.4) is 0 Å². The molecule has 1 nitrogen and oxygen atoms in total. The van der Waals surface area contributed by atoms with E-state index in [2.05, 4.69) is 46.4 Å². The molecule has 0 radical (unpaired) electrons. The number of benzene rings is 1. The van der Waals surface area contributed by atoms with Crippen molar-refractivity contribution in [3.8, 4) is 10.4 Å². The molecule has 1 aromatic heterocycles. The number of thiophene rings is 1. The highest BCUT2D eigenvalue weighted by molar-refractivity contribution is 9.10. The molecule has 0 unspecified atom stereocenters. The van der Waals surface area contributed by atoms with Gasteiger partial charge in [-0.3, -0.25) is 0 Å². The summed E-state index contributed by atoms with van der Waals surface area (Å²) in [6.07, 6.45) is 0.975. The van der Waals surface area contributed by atoms with Crippen molar-refractivity contribution in [1.82, 2.24) is 0 Å². The van der Waals surface area contributed by atoms with E-state index in [4.69, 9.17) is 5.73 Å². The van der Waals surface area contributed by atoms with Crippen molar-refractivity contribution in [3.63, 3.8) is 0 Å². The molecule has 1 heterocycles. The molecule has 3 heteroatoms. The summed E-state index contributed by atoms with van der Waals surface area (Å²) in [6.45, 7) is 2.12. The summed E-state index contributed by atoms with van der Waals surface area (Å²) in [6, 6.07) is 8.30. The summed E-state index contributed by atoms with van der Waals surface area (Å²) in [7, 11) is 0. The second-order valence-corrected chi connectivity index (χ2v) is 5.14. The van der Waals surface area contributed by atoms with Gasteiger partial charge in [0.25, 0.3) is 0 Å². The minimum Gasteiger partial charge on any atom is -0.399 e. The van der Waals surface area contributed by atoms with Crippen molar-refractivity contribution in [2.24, 2.45) is 0 Å². The minimum atomic E-state index is 0.883. The fraction of sp³-hybridized carbons (Fsp3) is 0.167. The zero-order valence-corrected chi connectivity index (χ0v) is 10.9. The molecule has 15 heavy (non-hydrogen) atoms. The Morgan fingerprint density at radius 2 is 2.13 bits per heavy atom. The fourth-order valence-corrected chi connectivity index (χ4v) is 3.15. The zero-order valence-electron chi connectivity index (χ0n) is 8.46. The Kier molecular flexibility index (Phi) is 3.12. The number of halogens is 1. The highest BCUT2D eigenvalue weighted by Gasteiger charge is 2.06. The van der Waals surface area contributed by atoms with Crippen LogP contribution in [0.15, 0.2) is 34.1 Å². The summed E-state index contributed by atoms with van der Waals surface area (Å²) in [5.41, 5.74) is 9.22. The van der Waals surface area contributed by atoms with Gasteiger partial charge in [-0.05, 0) is 57.1 Å². The number of anilines is 1. The van der Waals surface area contributed by atoms with E-state index >= 15 is 0 Å². The molecule has 0 amide bonds. The second-order valence-electron chi connectivity index (χ2n) is 3.36. The number of hydrogen-bond acceptors (Lipinski definition) is 2. The lowest BCUT2D eigenvalue weighted by atomic mass is 10.1. The van der Waals surface area contributed by atoms with E-state index < -0.39 is 0 Å². The molecular formula is C12H12BrNS. The minimum absolute atomic E-state index is 0.883. The lowest BCUT2D eigenvalue weighted by molar-refractivity contribution is 1.15. The van der Waals surface area contributed by atoms with Gasteiger partial charge in [-0.25, -0.2) is 0 Å². The SMILES string of the molecule is CCc1cc(-c2sccc2Br)ccc1N. The van der Waals surface area contributed by atoms with Gasteiger partial charge in [-0.2, -0.15) is 0 Å². The van der Waals surface area contributed by atoms with Crippen LogP contribution in [0.1, 0.15) is 12.5 Å². The summed E-state index contributed by atoms with van der Waals surface area (Å²) in [5.74, 6) is 0. The first kappa shape index (κ1) is 10.7. The summed E-state index contributed by atoms with van der Waals surface area (Å²) in [4.78, 5) is 1.27. The van der Waals surface area contributed by atoms with Crippen LogP contribution in [0, 0.1) is 0 Å². The van der Waals surface area contributed by atoms with E-state index in [1.807, 2.05) is 6.07 Å². The van der Waals surface area contributed by atoms with Crippen LogP contribution in [-0.4, -0.2) is 0 Å². The zero-order chi connectivity index (χ0) is 10.8. The molecular weight excluding hydrogens is 270 g/mol. The van der Waals surface area contributed by atoms with E-state index in [9.17, 15) is 0 Å². The molecule has 0 aliphatic rings. The van der Waals surface area contributed by atoms with Crippen molar-refractivity contribution < 1.29 is 0 Å². The van der Waals surface area contributed by atoms with Crippen LogP contribution in [0.5, 0.6) is 0 Å². The third kappa shape index (κ3) is 2.08. The molecule has 0 aliphatic heterocycles. The first-order chi connectivity index (χ1) is 7.22. The molecule has 2 rings (SSSR count). The number of nitrogens with two attached hydrogens (primary N) is 1. The van der Waals surface area contributed by atoms with Crippen LogP contribution >= 0.6 is 27.3 Å². The van der Waals surface area contributed by atoms with Gasteiger partial charge in [-0.15, -0.1) is 11.3 Å². The van der Waals surface area contributed by atoms with Crippen molar-refractivity contribution in [3.05, 3.63) is 39.7 Å². The summed E-state index contributed by atoms with van der Waals surface area (Å²) >= 11 is 5.29. The Morgan fingerprint density at radius 3 is 2.73 bits per heavy atom. The van der Waals surface area contributed by atoms with E-state index in [0.29, 0.717) is 0 Å². The highest BCUT2D eigenvalue weighted by Crippen LogP contribution is 2.34. The number of rotatable bonds is 2. The van der Waals surface area contributed by atoms with Gasteiger partial charge in [-0.1, -0.05) is 13.0 Å². The maximum absolute atomic E-state index is 5.88. The largest absolute Gasteiger partial charge is 0.399 e. The van der Waals surface area contributed by atoms with Gasteiger partial charge in [0.05, 0.1) is 0 Å². The van der Waals surface area contributed by atoms with E-state index in [0.717, 1.165) is 16.6 Å². The molecule has 0 saturated heterocycles. The van der Waals surface area contributed by atoms with Gasteiger partial charge in [0.2, 0.25) is 0 Å². The molecule has 1 aromatic carbocycles. The number of aryl methyl sites for hydroxylation is 1. The van der Waals surface area contributed by atoms with Crippen molar-refractivity contribution in [2.45, 2.75) is 13.3 Å². The van der Waals surface area contributed by atoms with Gasteiger partial charge < -0.3 is 5.73 Å². The number of nitrogen functional groups attached to an aromatic ring is 1. The summed E-state index contributed by atoms with van der Waals surface area (Å²) < 4.78 is 1.15. The average molecular weight is 282 g/mol. The summed E-state index contributed by atoms with van der Waals surface area (Å²) in [5, 5.41) is 2.08. The Balaban J connectivity index is 2.51. The van der Waals surface area contributed by atoms with E-state index in [1.165, 1.54) is 16.0 Å². The third-order valence-corrected chi connectivity index (χ3v) is 4.29. The molecule has 0 spiro atoms. The molecule has 0 bridgehead atoms. The molecule has 0 fully saturated rings. The smallest absolute Gasteiger partial charge is 0.0484 e. The van der Waals surface area contributed by atoms with E-state index in [-0.39, 0.29) is 0 Å². The maximum Gasteiger partial charge on any atom is 0.0484 e. The highest BCUT2D eigenvalue weighted by atomic mass is 79.9. The maximum atomic E-state index is 5.88. The quantitative estimate of drug-likeness (QED) is 0.815. The molecule has 0 aliphatic carbocycles. The van der Waals surface area contributed by atoms with Gasteiger partial charge >= 0.3 is 0 Å². The average Bonchev–Trinajstić information content (AvgIpc) is 2.65. The Labute approximate surface area is 102 Å². The van der Waals surface area contributed by atoms with Gasteiger partial charge in [0.15, 0.2) is 0 Å². The Bertz CT molecular complexity index is 476. The predicted molar refractivity (Wildman–Crippen MR) is 71.2 cm³/mol. The van der Waals surface area contributed by atoms with Crippen LogP contribution in [0.25, 0.3) is 10.4 Å².